The predicted octanol–water partition coefficient (Wildman–Crippen LogP) is 5.37. The molecule has 0 radical (unpaired) electrons. The van der Waals surface area contributed by atoms with Gasteiger partial charge >= 0.3 is 6.09 Å². The van der Waals surface area contributed by atoms with Crippen LogP contribution in [0.5, 0.6) is 0 Å². The lowest BCUT2D eigenvalue weighted by Gasteiger charge is -2.35. The summed E-state index contributed by atoms with van der Waals surface area (Å²) in [4.78, 5) is 48.4. The minimum atomic E-state index is -1.05. The Morgan fingerprint density at radius 2 is 1.71 bits per heavy atom. The molecule has 0 saturated carbocycles. The number of aromatic nitrogens is 1. The van der Waals surface area contributed by atoms with Gasteiger partial charge in [-0.15, -0.1) is 0 Å². The molecule has 1 aromatic heterocycles. The maximum atomic E-state index is 13.8. The van der Waals surface area contributed by atoms with Crippen molar-refractivity contribution in [1.82, 2.24) is 20.1 Å². The molecule has 10 heteroatoms. The van der Waals surface area contributed by atoms with E-state index in [4.69, 9.17) is 9.15 Å². The number of nitrogens with one attached hydrogen (secondary N) is 1. The molecule has 3 amide bonds. The molecule has 0 spiro atoms. The zero-order chi connectivity index (χ0) is 32.3. The first-order chi connectivity index (χ1) is 21.4. The van der Waals surface area contributed by atoms with Crippen LogP contribution < -0.4 is 5.32 Å². The van der Waals surface area contributed by atoms with Crippen LogP contribution in [0.2, 0.25) is 0 Å². The zero-order valence-electron chi connectivity index (χ0n) is 26.8. The number of aryl methyl sites for hydroxylation is 2. The fourth-order valence-corrected chi connectivity index (χ4v) is 6.34. The Hall–Kier alpha value is -4.18. The Bertz CT molecular complexity index is 1510. The second-order valence-corrected chi connectivity index (χ2v) is 13.2. The lowest BCUT2D eigenvalue weighted by molar-refractivity contribution is -0.00161. The molecule has 3 aromatic rings. The van der Waals surface area contributed by atoms with Crippen molar-refractivity contribution in [3.63, 3.8) is 0 Å². The molecule has 2 fully saturated rings. The fraction of sp³-hybridized carbons (Fsp3) is 0.486. The van der Waals surface area contributed by atoms with Crippen LogP contribution in [0.25, 0.3) is 0 Å². The lowest BCUT2D eigenvalue weighted by atomic mass is 9.94. The quantitative estimate of drug-likeness (QED) is 0.349. The molecule has 2 aliphatic heterocycles. The summed E-state index contributed by atoms with van der Waals surface area (Å²) in [6.45, 7) is 10.2. The molecule has 2 aliphatic rings. The van der Waals surface area contributed by atoms with Gasteiger partial charge in [-0.05, 0) is 96.0 Å². The van der Waals surface area contributed by atoms with Crippen molar-refractivity contribution >= 4 is 17.9 Å². The van der Waals surface area contributed by atoms with Gasteiger partial charge in [0.1, 0.15) is 17.9 Å². The van der Waals surface area contributed by atoms with Gasteiger partial charge in [0.25, 0.3) is 11.8 Å². The number of aliphatic hydroxyl groups excluding tert-OH is 1. The van der Waals surface area contributed by atoms with Crippen molar-refractivity contribution in [2.45, 2.75) is 96.6 Å². The number of oxazole rings is 1. The average Bonchev–Trinajstić information content (AvgIpc) is 3.76. The third-order valence-corrected chi connectivity index (χ3v) is 8.37. The van der Waals surface area contributed by atoms with Crippen molar-refractivity contribution in [3.05, 3.63) is 88.6 Å². The molecule has 240 valence electrons. The van der Waals surface area contributed by atoms with Crippen molar-refractivity contribution in [2.75, 3.05) is 13.1 Å². The zero-order valence-corrected chi connectivity index (χ0v) is 26.8. The van der Waals surface area contributed by atoms with Crippen molar-refractivity contribution < 1.29 is 28.6 Å². The number of amides is 3. The number of benzene rings is 2. The van der Waals surface area contributed by atoms with E-state index in [1.807, 2.05) is 65.0 Å². The smallest absolute Gasteiger partial charge is 0.410 e. The van der Waals surface area contributed by atoms with Crippen LogP contribution >= 0.6 is 0 Å². The molecule has 0 bridgehead atoms. The summed E-state index contributed by atoms with van der Waals surface area (Å²) in [5.74, 6) is -0.0733. The number of hydrogen-bond acceptors (Lipinski definition) is 7. The Kier molecular flexibility index (Phi) is 9.62. The Labute approximate surface area is 264 Å². The first-order valence-corrected chi connectivity index (χ1v) is 15.8. The number of hydrogen-bond donors (Lipinski definition) is 2. The Balaban J connectivity index is 1.37. The molecular weight excluding hydrogens is 572 g/mol. The average molecular weight is 617 g/mol. The van der Waals surface area contributed by atoms with Crippen LogP contribution in [0.15, 0.2) is 59.2 Å². The number of carbonyl (C=O) groups excluding carboxylic acids is 3. The standard InChI is InChI=1S/C35H44N4O6/c1-22-17-25(20-26(18-22)33(42)38-15-10-14-29(38)32-36-23(2)21-44-32)31(41)37-27(19-24-11-7-6-8-12-24)30(40)28-13-9-16-39(28)34(43)45-35(3,4)5/h6-8,11-12,17-18,20-21,27-30,40H,9-10,13-16,19H2,1-5H3,(H,37,41)/t27-,28?,29+,30-/m0/s1. The van der Waals surface area contributed by atoms with Crippen molar-refractivity contribution in [3.8, 4) is 0 Å². The third kappa shape index (κ3) is 7.73. The van der Waals surface area contributed by atoms with Crippen LogP contribution in [0.1, 0.15) is 95.9 Å². The van der Waals surface area contributed by atoms with Crippen molar-refractivity contribution in [1.29, 1.82) is 0 Å². The van der Waals surface area contributed by atoms with Crippen LogP contribution in [0, 0.1) is 13.8 Å². The van der Waals surface area contributed by atoms with Crippen LogP contribution in [0.4, 0.5) is 4.79 Å². The Morgan fingerprint density at radius 1 is 1.02 bits per heavy atom. The molecule has 2 saturated heterocycles. The summed E-state index contributed by atoms with van der Waals surface area (Å²) in [6, 6.07) is 13.3. The van der Waals surface area contributed by atoms with Crippen LogP contribution in [0.3, 0.4) is 0 Å². The molecule has 3 heterocycles. The second kappa shape index (κ2) is 13.4. The number of ether oxygens (including phenoxy) is 1. The second-order valence-electron chi connectivity index (χ2n) is 13.2. The fourth-order valence-electron chi connectivity index (χ4n) is 6.34. The molecule has 10 nitrogen and oxygen atoms in total. The number of likely N-dealkylation sites (tertiary alicyclic amines) is 2. The van der Waals surface area contributed by atoms with Gasteiger partial charge in [-0.3, -0.25) is 9.59 Å². The molecule has 1 unspecified atom stereocenters. The van der Waals surface area contributed by atoms with Crippen LogP contribution in [-0.4, -0.2) is 74.7 Å². The SMILES string of the molecule is Cc1cc(C(=O)N[C@@H](Cc2ccccc2)[C@H](O)C2CCCN2C(=O)OC(C)(C)C)cc(C(=O)N2CCC[C@@H]2c2nc(C)co2)c1. The van der Waals surface area contributed by atoms with E-state index in [1.165, 1.54) is 0 Å². The highest BCUT2D eigenvalue weighted by Gasteiger charge is 2.40. The maximum absolute atomic E-state index is 13.8. The summed E-state index contributed by atoms with van der Waals surface area (Å²) in [5.41, 5.74) is 2.52. The van der Waals surface area contributed by atoms with Gasteiger partial charge in [0, 0.05) is 24.2 Å². The van der Waals surface area contributed by atoms with Gasteiger partial charge < -0.3 is 29.4 Å². The van der Waals surface area contributed by atoms with E-state index in [0.29, 0.717) is 42.9 Å². The number of nitrogens with zero attached hydrogens (tertiary/aromatic N) is 3. The molecule has 45 heavy (non-hydrogen) atoms. The maximum Gasteiger partial charge on any atom is 0.410 e. The van der Waals surface area contributed by atoms with E-state index in [-0.39, 0.29) is 11.9 Å². The summed E-state index contributed by atoms with van der Waals surface area (Å²) < 4.78 is 11.2. The van der Waals surface area contributed by atoms with Gasteiger partial charge in [-0.25, -0.2) is 9.78 Å². The van der Waals surface area contributed by atoms with E-state index < -0.39 is 35.8 Å². The number of rotatable bonds is 8. The number of aliphatic hydroxyl groups is 1. The van der Waals surface area contributed by atoms with E-state index in [0.717, 1.165) is 36.1 Å². The number of carbonyl (C=O) groups is 3. The first kappa shape index (κ1) is 32.2. The minimum absolute atomic E-state index is 0.189. The minimum Gasteiger partial charge on any atom is -0.446 e. The normalized spacial score (nSPS) is 19.8. The lowest BCUT2D eigenvalue weighted by Crippen LogP contribution is -2.54. The van der Waals surface area contributed by atoms with Gasteiger partial charge in [0.15, 0.2) is 0 Å². The molecule has 2 aromatic carbocycles. The van der Waals surface area contributed by atoms with Gasteiger partial charge in [0.05, 0.1) is 23.9 Å². The summed E-state index contributed by atoms with van der Waals surface area (Å²) >= 11 is 0. The Morgan fingerprint density at radius 3 is 2.40 bits per heavy atom. The van der Waals surface area contributed by atoms with Gasteiger partial charge in [-0.1, -0.05) is 30.3 Å². The summed E-state index contributed by atoms with van der Waals surface area (Å²) in [5, 5.41) is 14.8. The molecule has 0 aliphatic carbocycles. The van der Waals surface area contributed by atoms with Gasteiger partial charge in [-0.2, -0.15) is 0 Å². The topological polar surface area (TPSA) is 125 Å². The first-order valence-electron chi connectivity index (χ1n) is 15.8. The summed E-state index contributed by atoms with van der Waals surface area (Å²) in [7, 11) is 0. The van der Waals surface area contributed by atoms with E-state index >= 15 is 0 Å². The molecular formula is C35H44N4O6. The highest BCUT2D eigenvalue weighted by atomic mass is 16.6. The highest BCUT2D eigenvalue weighted by molar-refractivity contribution is 6.00. The van der Waals surface area contributed by atoms with Gasteiger partial charge in [0.2, 0.25) is 5.89 Å². The van der Waals surface area contributed by atoms with Crippen molar-refractivity contribution in [2.24, 2.45) is 0 Å². The monoisotopic (exact) mass is 616 g/mol. The predicted molar refractivity (Wildman–Crippen MR) is 169 cm³/mol. The molecule has 4 atom stereocenters. The molecule has 5 rings (SSSR count). The summed E-state index contributed by atoms with van der Waals surface area (Å²) in [6.07, 6.45) is 3.31. The van der Waals surface area contributed by atoms with Crippen LogP contribution in [-0.2, 0) is 11.2 Å². The largest absolute Gasteiger partial charge is 0.446 e. The van der Waals surface area contributed by atoms with E-state index in [1.54, 1.807) is 34.3 Å². The molecule has 2 N–H and O–H groups in total. The third-order valence-electron chi connectivity index (χ3n) is 8.37. The van der Waals surface area contributed by atoms with E-state index in [2.05, 4.69) is 10.3 Å². The highest BCUT2D eigenvalue weighted by Crippen LogP contribution is 2.33. The van der Waals surface area contributed by atoms with E-state index in [9.17, 15) is 19.5 Å².